The van der Waals surface area contributed by atoms with E-state index < -0.39 is 41.4 Å². The lowest BCUT2D eigenvalue weighted by Crippen LogP contribution is -2.54. The quantitative estimate of drug-likeness (QED) is 0.0585. The number of anilines is 5. The topological polar surface area (TPSA) is 247 Å². The number of fused-ring (bicyclic) bond motifs is 3. The molecule has 0 saturated carbocycles. The highest BCUT2D eigenvalue weighted by Gasteiger charge is 2.45. The molecule has 0 bridgehead atoms. The standard InChI is InChI=1S/C47H49FN10O10/c1-49-44(63)40-30(48)10-5-11-31(40)51-42-29-14-17-50-41(29)54-47(55-42)52-32-24-34-27(23-35(32)66-3)15-18-57(34)38(61)25-56(2)37(60)16-20-68-22-21-67-19-6-8-26-7-4-9-28-39(26)46(65)58(45(28)64)33-12-13-36(59)53-43(33)62/h4-5,7,9-11,14,17,23-24,33H,6,8,12-13,15-16,18-22,25H2,1-3H3,(H,49,63)(H,53,59,62)(H3,50,51,52,54,55). The van der Waals surface area contributed by atoms with Gasteiger partial charge in [-0.25, -0.2) is 4.39 Å². The number of likely N-dealkylation sites (N-methyl/N-ethyl adjacent to an activating group) is 1. The summed E-state index contributed by atoms with van der Waals surface area (Å²) >= 11 is 0. The molecule has 7 amide bonds. The molecule has 3 aliphatic rings. The van der Waals surface area contributed by atoms with Gasteiger partial charge in [-0.1, -0.05) is 18.2 Å². The third-order valence-electron chi connectivity index (χ3n) is 11.9. The minimum Gasteiger partial charge on any atom is -0.495 e. The Morgan fingerprint density at radius 3 is 2.50 bits per heavy atom. The molecule has 1 fully saturated rings. The normalized spacial score (nSPS) is 15.3. The molecule has 3 aromatic carbocycles. The van der Waals surface area contributed by atoms with E-state index in [0.717, 1.165) is 10.5 Å². The van der Waals surface area contributed by atoms with E-state index in [2.05, 4.69) is 36.2 Å². The fraction of sp³-hybridized carbons (Fsp3) is 0.340. The number of rotatable bonds is 19. The SMILES string of the molecule is CNC(=O)c1c(F)cccc1Nc1nc(Nc2cc3c(cc2OC)CCN3C(=O)CN(C)C(=O)CCOCCOCCCc2cccc3c2C(=O)N(C2CCC(=O)NC2=O)C3=O)nc2[nH]ccc12. The summed E-state index contributed by atoms with van der Waals surface area (Å²) in [6.45, 7) is 1.16. The van der Waals surface area contributed by atoms with E-state index in [4.69, 9.17) is 14.2 Å². The fourth-order valence-electron chi connectivity index (χ4n) is 8.47. The molecule has 3 aliphatic heterocycles. The van der Waals surface area contributed by atoms with Gasteiger partial charge < -0.3 is 44.9 Å². The highest BCUT2D eigenvalue weighted by Crippen LogP contribution is 2.39. The first-order chi connectivity index (χ1) is 32.9. The van der Waals surface area contributed by atoms with Crippen molar-refractivity contribution in [1.82, 2.24) is 35.4 Å². The predicted octanol–water partition coefficient (Wildman–Crippen LogP) is 3.76. The number of carbonyl (C=O) groups is 7. The number of carbonyl (C=O) groups excluding carboxylic acids is 7. The molecule has 68 heavy (non-hydrogen) atoms. The maximum Gasteiger partial charge on any atom is 0.262 e. The Morgan fingerprint density at radius 1 is 0.926 bits per heavy atom. The Morgan fingerprint density at radius 2 is 1.72 bits per heavy atom. The van der Waals surface area contributed by atoms with E-state index in [1.165, 1.54) is 31.2 Å². The van der Waals surface area contributed by atoms with Crippen LogP contribution in [0.1, 0.15) is 67.9 Å². The zero-order valence-corrected chi connectivity index (χ0v) is 37.5. The molecule has 5 N–H and O–H groups in total. The number of aromatic nitrogens is 3. The average Bonchev–Trinajstić information content (AvgIpc) is 4.04. The van der Waals surface area contributed by atoms with Gasteiger partial charge in [-0.15, -0.1) is 0 Å². The number of nitrogens with one attached hydrogen (secondary N) is 5. The lowest BCUT2D eigenvalue weighted by atomic mass is 9.99. The van der Waals surface area contributed by atoms with Crippen molar-refractivity contribution in [3.8, 4) is 5.75 Å². The lowest BCUT2D eigenvalue weighted by molar-refractivity contribution is -0.136. The van der Waals surface area contributed by atoms with Gasteiger partial charge in [0.2, 0.25) is 29.6 Å². The van der Waals surface area contributed by atoms with E-state index in [0.29, 0.717) is 72.0 Å². The first-order valence-electron chi connectivity index (χ1n) is 22.0. The van der Waals surface area contributed by atoms with Crippen LogP contribution < -0.4 is 30.9 Å². The van der Waals surface area contributed by atoms with Gasteiger partial charge in [0.1, 0.15) is 29.1 Å². The Kier molecular flexibility index (Phi) is 14.0. The number of piperidine rings is 1. The number of ether oxygens (including phenoxy) is 3. The maximum absolute atomic E-state index is 14.8. The summed E-state index contributed by atoms with van der Waals surface area (Å²) in [7, 11) is 4.49. The van der Waals surface area contributed by atoms with Crippen LogP contribution in [-0.2, 0) is 41.5 Å². The van der Waals surface area contributed by atoms with Gasteiger partial charge in [-0.2, -0.15) is 9.97 Å². The number of aromatic amines is 1. The molecule has 5 aromatic rings. The van der Waals surface area contributed by atoms with E-state index >= 15 is 0 Å². The van der Waals surface area contributed by atoms with Crippen LogP contribution in [0, 0.1) is 5.82 Å². The zero-order valence-electron chi connectivity index (χ0n) is 37.5. The van der Waals surface area contributed by atoms with Crippen LogP contribution in [0.3, 0.4) is 0 Å². The van der Waals surface area contributed by atoms with Crippen molar-refractivity contribution in [2.45, 2.75) is 44.6 Å². The van der Waals surface area contributed by atoms with E-state index in [1.807, 2.05) is 6.07 Å². The fourth-order valence-corrected chi connectivity index (χ4v) is 8.47. The molecular weight excluding hydrogens is 884 g/mol. The summed E-state index contributed by atoms with van der Waals surface area (Å²) < 4.78 is 31.8. The van der Waals surface area contributed by atoms with Crippen LogP contribution in [0.4, 0.5) is 33.2 Å². The Labute approximate surface area is 388 Å². The van der Waals surface area contributed by atoms with Crippen LogP contribution in [0.15, 0.2) is 60.8 Å². The summed E-state index contributed by atoms with van der Waals surface area (Å²) in [5.41, 5.74) is 3.59. The molecule has 20 nitrogen and oxygen atoms in total. The molecule has 1 unspecified atom stereocenters. The van der Waals surface area contributed by atoms with Gasteiger partial charge in [0.15, 0.2) is 0 Å². The van der Waals surface area contributed by atoms with E-state index in [-0.39, 0.29) is 85.8 Å². The molecule has 354 valence electrons. The number of nitrogens with zero attached hydrogens (tertiary/aromatic N) is 5. The van der Waals surface area contributed by atoms with Gasteiger partial charge in [-0.05, 0) is 73.2 Å². The number of imide groups is 2. The number of H-pyrrole nitrogens is 1. The summed E-state index contributed by atoms with van der Waals surface area (Å²) in [6.07, 6.45) is 3.39. The highest BCUT2D eigenvalue weighted by molar-refractivity contribution is 6.24. The number of benzene rings is 3. The van der Waals surface area contributed by atoms with Gasteiger partial charge in [-0.3, -0.25) is 43.8 Å². The first-order valence-corrected chi connectivity index (χ1v) is 22.0. The smallest absolute Gasteiger partial charge is 0.262 e. The number of hydrogen-bond donors (Lipinski definition) is 5. The number of methoxy groups -OCH3 is 1. The Hall–Kier alpha value is -7.78. The second-order valence-corrected chi connectivity index (χ2v) is 16.2. The molecule has 5 heterocycles. The molecular formula is C47H49FN10O10. The van der Waals surface area contributed by atoms with Crippen molar-refractivity contribution < 1.29 is 52.2 Å². The second kappa shape index (κ2) is 20.4. The molecule has 0 radical (unpaired) electrons. The molecule has 1 atom stereocenters. The zero-order chi connectivity index (χ0) is 48.1. The largest absolute Gasteiger partial charge is 0.495 e. The molecule has 0 spiro atoms. The molecule has 21 heteroatoms. The lowest BCUT2D eigenvalue weighted by Gasteiger charge is -2.27. The third-order valence-corrected chi connectivity index (χ3v) is 11.9. The molecule has 1 saturated heterocycles. The molecule has 2 aromatic heterocycles. The Bertz CT molecular complexity index is 2830. The predicted molar refractivity (Wildman–Crippen MR) is 245 cm³/mol. The monoisotopic (exact) mass is 932 g/mol. The second-order valence-electron chi connectivity index (χ2n) is 16.2. The number of halogens is 1. The van der Waals surface area contributed by atoms with Crippen molar-refractivity contribution >= 4 is 81.2 Å². The van der Waals surface area contributed by atoms with Crippen molar-refractivity contribution in [1.29, 1.82) is 0 Å². The summed E-state index contributed by atoms with van der Waals surface area (Å²) in [5.74, 6) is -3.18. The van der Waals surface area contributed by atoms with Crippen LogP contribution in [0.25, 0.3) is 11.0 Å². The van der Waals surface area contributed by atoms with Gasteiger partial charge in [0.05, 0.1) is 73.3 Å². The van der Waals surface area contributed by atoms with Crippen molar-refractivity contribution in [3.05, 3.63) is 94.4 Å². The van der Waals surface area contributed by atoms with Gasteiger partial charge in [0.25, 0.3) is 17.7 Å². The average molecular weight is 933 g/mol. The minimum absolute atomic E-state index is 0.0431. The van der Waals surface area contributed by atoms with Crippen molar-refractivity contribution in [3.63, 3.8) is 0 Å². The molecule has 0 aliphatic carbocycles. The summed E-state index contributed by atoms with van der Waals surface area (Å²) in [5, 5.41) is 11.5. The van der Waals surface area contributed by atoms with Crippen LogP contribution >= 0.6 is 0 Å². The minimum atomic E-state index is -1.03. The summed E-state index contributed by atoms with van der Waals surface area (Å²) in [4.78, 5) is 106. The third kappa shape index (κ3) is 9.70. The van der Waals surface area contributed by atoms with Crippen molar-refractivity contribution in [2.75, 3.05) is 76.3 Å². The number of amides is 7. The van der Waals surface area contributed by atoms with Crippen LogP contribution in [0.5, 0.6) is 5.75 Å². The number of hydrogen-bond acceptors (Lipinski definition) is 14. The highest BCUT2D eigenvalue weighted by atomic mass is 19.1. The van der Waals surface area contributed by atoms with Gasteiger partial charge in [0, 0.05) is 45.6 Å². The van der Waals surface area contributed by atoms with Crippen LogP contribution in [-0.4, -0.2) is 133 Å². The maximum atomic E-state index is 14.8. The Balaban J connectivity index is 0.796. The van der Waals surface area contributed by atoms with Crippen molar-refractivity contribution in [2.24, 2.45) is 0 Å². The number of aryl methyl sites for hydroxylation is 1. The van der Waals surface area contributed by atoms with Gasteiger partial charge >= 0.3 is 0 Å². The summed E-state index contributed by atoms with van der Waals surface area (Å²) in [6, 6.07) is 13.6. The van der Waals surface area contributed by atoms with E-state index in [9.17, 15) is 38.0 Å². The van der Waals surface area contributed by atoms with Crippen LogP contribution in [0.2, 0.25) is 0 Å². The molecule has 8 rings (SSSR count). The first kappa shape index (κ1) is 46.7. The van der Waals surface area contributed by atoms with E-state index in [1.54, 1.807) is 54.5 Å².